The van der Waals surface area contributed by atoms with Crippen molar-refractivity contribution < 1.29 is 4.39 Å². The van der Waals surface area contributed by atoms with Crippen molar-refractivity contribution in [1.29, 1.82) is 0 Å². The fraction of sp³-hybridized carbons (Fsp3) is 0.571. The summed E-state index contributed by atoms with van der Waals surface area (Å²) in [7, 11) is 0. The van der Waals surface area contributed by atoms with Gasteiger partial charge in [0.2, 0.25) is 0 Å². The van der Waals surface area contributed by atoms with Gasteiger partial charge in [0.05, 0.1) is 0 Å². The Morgan fingerprint density at radius 1 is 1.18 bits per heavy atom. The van der Waals surface area contributed by atoms with E-state index < -0.39 is 0 Å². The minimum atomic E-state index is -0.215. The van der Waals surface area contributed by atoms with E-state index in [2.05, 4.69) is 32.6 Å². The van der Waals surface area contributed by atoms with Gasteiger partial charge in [-0.1, -0.05) is 13.8 Å². The third-order valence-electron chi connectivity index (χ3n) is 2.61. The molecule has 0 saturated heterocycles. The number of hydrogen-bond acceptors (Lipinski definition) is 1. The van der Waals surface area contributed by atoms with Crippen molar-refractivity contribution in [2.45, 2.75) is 39.6 Å². The molecule has 0 saturated carbocycles. The van der Waals surface area contributed by atoms with Gasteiger partial charge in [-0.2, -0.15) is 0 Å². The van der Waals surface area contributed by atoms with Gasteiger partial charge in [-0.05, 0) is 43.5 Å². The molecule has 0 bridgehead atoms. The molecule has 0 spiro atoms. The maximum Gasteiger partial charge on any atom is 0.125 e. The van der Waals surface area contributed by atoms with Crippen LogP contribution in [0.1, 0.15) is 33.3 Å². The lowest BCUT2D eigenvalue weighted by Gasteiger charge is -2.31. The molecule has 0 amide bonds. The molecule has 0 aliphatic carbocycles. The summed E-state index contributed by atoms with van der Waals surface area (Å²) in [6.45, 7) is 9.48. The van der Waals surface area contributed by atoms with E-state index in [9.17, 15) is 4.39 Å². The molecule has 1 rings (SSSR count). The number of hydrogen-bond donors (Lipinski definition) is 0. The summed E-state index contributed by atoms with van der Waals surface area (Å²) in [5.41, 5.74) is 1.75. The molecule has 1 aromatic rings. The van der Waals surface area contributed by atoms with Crippen LogP contribution in [0.3, 0.4) is 0 Å². The van der Waals surface area contributed by atoms with Crippen molar-refractivity contribution in [2.75, 3.05) is 11.4 Å². The van der Waals surface area contributed by atoms with E-state index in [-0.39, 0.29) is 5.82 Å². The summed E-state index contributed by atoms with van der Waals surface area (Å²) in [6.07, 6.45) is 0. The Morgan fingerprint density at radius 3 is 2.29 bits per heavy atom. The second kappa shape index (κ2) is 6.25. The van der Waals surface area contributed by atoms with E-state index in [4.69, 9.17) is 11.6 Å². The first-order valence-electron chi connectivity index (χ1n) is 6.06. The van der Waals surface area contributed by atoms with E-state index in [0.717, 1.165) is 17.8 Å². The van der Waals surface area contributed by atoms with Crippen LogP contribution < -0.4 is 4.90 Å². The zero-order chi connectivity index (χ0) is 13.0. The smallest absolute Gasteiger partial charge is 0.125 e. The van der Waals surface area contributed by atoms with E-state index in [1.54, 1.807) is 6.07 Å². The summed E-state index contributed by atoms with van der Waals surface area (Å²) in [5, 5.41) is 0. The largest absolute Gasteiger partial charge is 0.369 e. The van der Waals surface area contributed by atoms with Crippen molar-refractivity contribution in [2.24, 2.45) is 5.92 Å². The van der Waals surface area contributed by atoms with Crippen molar-refractivity contribution >= 4 is 17.3 Å². The molecular weight excluding hydrogens is 237 g/mol. The summed E-state index contributed by atoms with van der Waals surface area (Å²) in [4.78, 5) is 2.21. The van der Waals surface area contributed by atoms with E-state index in [1.807, 2.05) is 6.07 Å². The maximum atomic E-state index is 13.5. The molecule has 0 fully saturated rings. The van der Waals surface area contributed by atoms with Gasteiger partial charge in [0.15, 0.2) is 0 Å². The van der Waals surface area contributed by atoms with Crippen LogP contribution in [0.2, 0.25) is 0 Å². The molecule has 96 valence electrons. The average Bonchev–Trinajstić information content (AvgIpc) is 2.24. The number of nitrogens with zero attached hydrogens (tertiary/aromatic N) is 1. The first-order valence-corrected chi connectivity index (χ1v) is 6.59. The summed E-state index contributed by atoms with van der Waals surface area (Å²) in [5.74, 6) is 0.672. The van der Waals surface area contributed by atoms with Gasteiger partial charge in [0.25, 0.3) is 0 Å². The fourth-order valence-corrected chi connectivity index (χ4v) is 2.04. The highest BCUT2D eigenvalue weighted by Gasteiger charge is 2.13. The Labute approximate surface area is 109 Å². The SMILES string of the molecule is CC(C)CN(c1cc(F)cc(CCl)c1)C(C)C. The number of alkyl halides is 1. The highest BCUT2D eigenvalue weighted by atomic mass is 35.5. The molecule has 1 nitrogen and oxygen atoms in total. The van der Waals surface area contributed by atoms with Gasteiger partial charge in [-0.15, -0.1) is 11.6 Å². The second-order valence-corrected chi connectivity index (χ2v) is 5.36. The minimum absolute atomic E-state index is 0.215. The van der Waals surface area contributed by atoms with Crippen LogP contribution in [0.4, 0.5) is 10.1 Å². The molecule has 0 N–H and O–H groups in total. The number of rotatable bonds is 5. The van der Waals surface area contributed by atoms with Gasteiger partial charge in [-0.25, -0.2) is 4.39 Å². The van der Waals surface area contributed by atoms with Crippen molar-refractivity contribution in [3.05, 3.63) is 29.6 Å². The zero-order valence-corrected chi connectivity index (χ0v) is 11.8. The molecule has 0 radical (unpaired) electrons. The molecule has 1 aromatic carbocycles. The van der Waals surface area contributed by atoms with Gasteiger partial charge in [0.1, 0.15) is 5.82 Å². The first kappa shape index (κ1) is 14.3. The minimum Gasteiger partial charge on any atom is -0.369 e. The highest BCUT2D eigenvalue weighted by Crippen LogP contribution is 2.22. The summed E-state index contributed by atoms with van der Waals surface area (Å²) in [6, 6.07) is 5.39. The van der Waals surface area contributed by atoms with Crippen LogP contribution in [0, 0.1) is 11.7 Å². The standard InChI is InChI=1S/C14H21ClFN/c1-10(2)9-17(11(3)4)14-6-12(8-15)5-13(16)7-14/h5-7,10-11H,8-9H2,1-4H3. The quantitative estimate of drug-likeness (QED) is 0.705. The molecule has 0 aliphatic rings. The van der Waals surface area contributed by atoms with Crippen molar-refractivity contribution in [3.63, 3.8) is 0 Å². The monoisotopic (exact) mass is 257 g/mol. The van der Waals surface area contributed by atoms with E-state index in [1.165, 1.54) is 6.07 Å². The predicted molar refractivity (Wildman–Crippen MR) is 73.3 cm³/mol. The summed E-state index contributed by atoms with van der Waals surface area (Å²) >= 11 is 5.78. The summed E-state index contributed by atoms with van der Waals surface area (Å²) < 4.78 is 13.5. The predicted octanol–water partition coefficient (Wildman–Crippen LogP) is 4.44. The maximum absolute atomic E-state index is 13.5. The lowest BCUT2D eigenvalue weighted by Crippen LogP contribution is -2.34. The van der Waals surface area contributed by atoms with Gasteiger partial charge < -0.3 is 4.90 Å². The number of anilines is 1. The van der Waals surface area contributed by atoms with Crippen LogP contribution >= 0.6 is 11.6 Å². The lowest BCUT2D eigenvalue weighted by molar-refractivity contribution is 0.567. The molecule has 0 aromatic heterocycles. The Balaban J connectivity index is 3.04. The molecule has 3 heteroatoms. The van der Waals surface area contributed by atoms with Crippen molar-refractivity contribution in [1.82, 2.24) is 0 Å². The van der Waals surface area contributed by atoms with Crippen LogP contribution in [0.5, 0.6) is 0 Å². The molecule has 17 heavy (non-hydrogen) atoms. The Morgan fingerprint density at radius 2 is 1.82 bits per heavy atom. The first-order chi connectivity index (χ1) is 7.93. The Bertz CT molecular complexity index is 363. The topological polar surface area (TPSA) is 3.24 Å². The van der Waals surface area contributed by atoms with Gasteiger partial charge in [-0.3, -0.25) is 0 Å². The zero-order valence-electron chi connectivity index (χ0n) is 11.0. The molecule has 0 atom stereocenters. The van der Waals surface area contributed by atoms with E-state index >= 15 is 0 Å². The highest BCUT2D eigenvalue weighted by molar-refractivity contribution is 6.17. The van der Waals surface area contributed by atoms with E-state index in [0.29, 0.717) is 17.8 Å². The van der Waals surface area contributed by atoms with Gasteiger partial charge >= 0.3 is 0 Å². The fourth-order valence-electron chi connectivity index (χ4n) is 1.88. The van der Waals surface area contributed by atoms with Crippen LogP contribution in [0.15, 0.2) is 18.2 Å². The third kappa shape index (κ3) is 4.19. The molecule has 0 unspecified atom stereocenters. The Kier molecular flexibility index (Phi) is 5.26. The number of halogens is 2. The average molecular weight is 258 g/mol. The van der Waals surface area contributed by atoms with Crippen LogP contribution in [-0.2, 0) is 5.88 Å². The van der Waals surface area contributed by atoms with Crippen molar-refractivity contribution in [3.8, 4) is 0 Å². The molecule has 0 heterocycles. The van der Waals surface area contributed by atoms with Crippen LogP contribution in [-0.4, -0.2) is 12.6 Å². The third-order valence-corrected chi connectivity index (χ3v) is 2.92. The number of benzene rings is 1. The van der Waals surface area contributed by atoms with Crippen LogP contribution in [0.25, 0.3) is 0 Å². The lowest BCUT2D eigenvalue weighted by atomic mass is 10.1. The molecular formula is C14H21ClFN. The van der Waals surface area contributed by atoms with Gasteiger partial charge in [0, 0.05) is 24.2 Å². The normalized spacial score (nSPS) is 11.3. The Hall–Kier alpha value is -0.760. The molecule has 0 aliphatic heterocycles. The second-order valence-electron chi connectivity index (χ2n) is 5.09.